The van der Waals surface area contributed by atoms with Gasteiger partial charge in [0, 0.05) is 30.4 Å². The lowest BCUT2D eigenvalue weighted by Gasteiger charge is -2.05. The van der Waals surface area contributed by atoms with Gasteiger partial charge in [-0.2, -0.15) is 0 Å². The van der Waals surface area contributed by atoms with Crippen molar-refractivity contribution in [2.45, 2.75) is 5.16 Å². The summed E-state index contributed by atoms with van der Waals surface area (Å²) in [6.07, 6.45) is 3.45. The topological polar surface area (TPSA) is 37.8 Å². The highest BCUT2D eigenvalue weighted by atomic mass is 32.2. The molecule has 0 atom stereocenters. The van der Waals surface area contributed by atoms with E-state index in [1.165, 1.54) is 12.1 Å². The van der Waals surface area contributed by atoms with Gasteiger partial charge in [0.05, 0.1) is 0 Å². The van der Waals surface area contributed by atoms with Gasteiger partial charge in [-0.3, -0.25) is 0 Å². The number of rotatable bonds is 5. The summed E-state index contributed by atoms with van der Waals surface area (Å²) in [6.45, 7) is 0.786. The molecule has 2 aromatic rings. The van der Waals surface area contributed by atoms with Crippen molar-refractivity contribution in [1.29, 1.82) is 0 Å². The Morgan fingerprint density at radius 3 is 2.53 bits per heavy atom. The molecular weight excluding hydrogens is 237 g/mol. The van der Waals surface area contributed by atoms with Crippen LogP contribution in [0.4, 0.5) is 10.1 Å². The van der Waals surface area contributed by atoms with Crippen LogP contribution in [-0.4, -0.2) is 22.3 Å². The third-order valence-corrected chi connectivity index (χ3v) is 2.93. The van der Waals surface area contributed by atoms with Crippen LogP contribution in [0.1, 0.15) is 0 Å². The third kappa shape index (κ3) is 4.03. The van der Waals surface area contributed by atoms with Gasteiger partial charge in [0.1, 0.15) is 5.82 Å². The van der Waals surface area contributed by atoms with E-state index < -0.39 is 0 Å². The molecule has 0 aliphatic rings. The molecule has 0 aliphatic carbocycles. The molecule has 0 saturated heterocycles. The van der Waals surface area contributed by atoms with E-state index in [9.17, 15) is 4.39 Å². The molecule has 17 heavy (non-hydrogen) atoms. The minimum absolute atomic E-state index is 0.220. The number of aromatic nitrogens is 2. The van der Waals surface area contributed by atoms with Crippen molar-refractivity contribution in [1.82, 2.24) is 9.97 Å². The first kappa shape index (κ1) is 11.9. The van der Waals surface area contributed by atoms with Gasteiger partial charge in [-0.15, -0.1) is 0 Å². The van der Waals surface area contributed by atoms with Gasteiger partial charge in [-0.05, 0) is 30.3 Å². The first-order chi connectivity index (χ1) is 8.34. The highest BCUT2D eigenvalue weighted by Crippen LogP contribution is 2.12. The van der Waals surface area contributed by atoms with E-state index in [4.69, 9.17) is 0 Å². The minimum atomic E-state index is -0.220. The van der Waals surface area contributed by atoms with Crippen molar-refractivity contribution in [3.05, 3.63) is 48.5 Å². The van der Waals surface area contributed by atoms with Gasteiger partial charge in [0.2, 0.25) is 0 Å². The summed E-state index contributed by atoms with van der Waals surface area (Å²) in [5.41, 5.74) is 0.918. The average molecular weight is 249 g/mol. The normalized spacial score (nSPS) is 10.2. The van der Waals surface area contributed by atoms with E-state index in [2.05, 4.69) is 15.3 Å². The van der Waals surface area contributed by atoms with E-state index in [0.29, 0.717) is 0 Å². The maximum absolute atomic E-state index is 12.6. The molecule has 0 bridgehead atoms. The summed E-state index contributed by atoms with van der Waals surface area (Å²) in [7, 11) is 0. The highest BCUT2D eigenvalue weighted by Gasteiger charge is 1.96. The Hall–Kier alpha value is -1.62. The Morgan fingerprint density at radius 1 is 1.12 bits per heavy atom. The van der Waals surface area contributed by atoms with Gasteiger partial charge in [0.15, 0.2) is 5.16 Å². The molecular formula is C12H12FN3S. The van der Waals surface area contributed by atoms with Crippen LogP contribution in [0.5, 0.6) is 0 Å². The molecule has 5 heteroatoms. The number of hydrogen-bond donors (Lipinski definition) is 1. The third-order valence-electron chi connectivity index (χ3n) is 2.05. The highest BCUT2D eigenvalue weighted by molar-refractivity contribution is 7.99. The van der Waals surface area contributed by atoms with Crippen molar-refractivity contribution in [3.63, 3.8) is 0 Å². The quantitative estimate of drug-likeness (QED) is 0.502. The molecule has 1 heterocycles. The fraction of sp³-hybridized carbons (Fsp3) is 0.167. The van der Waals surface area contributed by atoms with Gasteiger partial charge >= 0.3 is 0 Å². The lowest BCUT2D eigenvalue weighted by molar-refractivity contribution is 0.628. The van der Waals surface area contributed by atoms with Gasteiger partial charge in [0.25, 0.3) is 0 Å². The minimum Gasteiger partial charge on any atom is -0.384 e. The molecule has 0 spiro atoms. The number of anilines is 1. The smallest absolute Gasteiger partial charge is 0.187 e. The zero-order valence-electron chi connectivity index (χ0n) is 9.14. The van der Waals surface area contributed by atoms with Crippen LogP contribution < -0.4 is 5.32 Å². The van der Waals surface area contributed by atoms with Crippen LogP contribution in [-0.2, 0) is 0 Å². The maximum atomic E-state index is 12.6. The second kappa shape index (κ2) is 6.20. The molecule has 1 aromatic heterocycles. The molecule has 0 fully saturated rings. The van der Waals surface area contributed by atoms with E-state index in [-0.39, 0.29) is 5.82 Å². The Balaban J connectivity index is 1.71. The van der Waals surface area contributed by atoms with Gasteiger partial charge < -0.3 is 5.32 Å². The fourth-order valence-electron chi connectivity index (χ4n) is 1.27. The zero-order valence-corrected chi connectivity index (χ0v) is 9.95. The maximum Gasteiger partial charge on any atom is 0.187 e. The van der Waals surface area contributed by atoms with Gasteiger partial charge in [-0.1, -0.05) is 11.8 Å². The number of hydrogen-bond acceptors (Lipinski definition) is 4. The predicted molar refractivity (Wildman–Crippen MR) is 67.6 cm³/mol. The molecule has 2 rings (SSSR count). The number of nitrogens with zero attached hydrogens (tertiary/aromatic N) is 2. The molecule has 88 valence electrons. The average Bonchev–Trinajstić information content (AvgIpc) is 2.38. The second-order valence-electron chi connectivity index (χ2n) is 3.31. The van der Waals surface area contributed by atoms with Crippen molar-refractivity contribution in [2.24, 2.45) is 0 Å². The van der Waals surface area contributed by atoms with Crippen LogP contribution >= 0.6 is 11.8 Å². The van der Waals surface area contributed by atoms with E-state index in [1.54, 1.807) is 42.4 Å². The lowest BCUT2D eigenvalue weighted by atomic mass is 10.3. The van der Waals surface area contributed by atoms with Gasteiger partial charge in [-0.25, -0.2) is 14.4 Å². The van der Waals surface area contributed by atoms with Crippen molar-refractivity contribution >= 4 is 17.4 Å². The first-order valence-electron chi connectivity index (χ1n) is 5.24. The number of halogens is 1. The summed E-state index contributed by atoms with van der Waals surface area (Å²) >= 11 is 1.58. The molecule has 0 aliphatic heterocycles. The molecule has 0 unspecified atom stereocenters. The fourth-order valence-corrected chi connectivity index (χ4v) is 1.92. The number of nitrogens with one attached hydrogen (secondary N) is 1. The first-order valence-corrected chi connectivity index (χ1v) is 6.22. The number of thioether (sulfide) groups is 1. The summed E-state index contributed by atoms with van der Waals surface area (Å²) in [5, 5.41) is 3.97. The SMILES string of the molecule is Fc1ccc(NCCSc2ncccn2)cc1. The molecule has 0 amide bonds. The number of benzene rings is 1. The second-order valence-corrected chi connectivity index (χ2v) is 4.38. The van der Waals surface area contributed by atoms with Crippen LogP contribution in [0.2, 0.25) is 0 Å². The Labute approximate surface area is 103 Å². The van der Waals surface area contributed by atoms with E-state index in [0.717, 1.165) is 23.1 Å². The summed E-state index contributed by atoms with van der Waals surface area (Å²) in [4.78, 5) is 8.22. The van der Waals surface area contributed by atoms with E-state index >= 15 is 0 Å². The predicted octanol–water partition coefficient (Wildman–Crippen LogP) is 2.82. The summed E-state index contributed by atoms with van der Waals surface area (Å²) < 4.78 is 12.6. The Kier molecular flexibility index (Phi) is 4.32. The van der Waals surface area contributed by atoms with Crippen molar-refractivity contribution < 1.29 is 4.39 Å². The van der Waals surface area contributed by atoms with Crippen LogP contribution in [0, 0.1) is 5.82 Å². The van der Waals surface area contributed by atoms with Crippen LogP contribution in [0.25, 0.3) is 0 Å². The van der Waals surface area contributed by atoms with Crippen LogP contribution in [0.3, 0.4) is 0 Å². The molecule has 1 N–H and O–H groups in total. The van der Waals surface area contributed by atoms with E-state index in [1.807, 2.05) is 0 Å². The standard InChI is InChI=1S/C12H12FN3S/c13-10-2-4-11(5-3-10)14-8-9-17-12-15-6-1-7-16-12/h1-7,14H,8-9H2. The van der Waals surface area contributed by atoms with Crippen molar-refractivity contribution in [2.75, 3.05) is 17.6 Å². The summed E-state index contributed by atoms with van der Waals surface area (Å²) in [6, 6.07) is 8.12. The molecule has 1 aromatic carbocycles. The monoisotopic (exact) mass is 249 g/mol. The lowest BCUT2D eigenvalue weighted by Crippen LogP contribution is -2.04. The zero-order chi connectivity index (χ0) is 11.9. The van der Waals surface area contributed by atoms with Crippen LogP contribution in [0.15, 0.2) is 47.9 Å². The molecule has 3 nitrogen and oxygen atoms in total. The molecule has 0 radical (unpaired) electrons. The molecule has 0 saturated carbocycles. The summed E-state index contributed by atoms with van der Waals surface area (Å²) in [5.74, 6) is 0.643. The largest absolute Gasteiger partial charge is 0.384 e. The Morgan fingerprint density at radius 2 is 1.82 bits per heavy atom. The van der Waals surface area contributed by atoms with Crippen molar-refractivity contribution in [3.8, 4) is 0 Å². The Bertz CT molecular complexity index is 447.